The van der Waals surface area contributed by atoms with Crippen molar-refractivity contribution >= 4 is 5.96 Å². The number of nitrogens with one attached hydrogen (secondary N) is 1. The molecular formula is C16H28N4. The van der Waals surface area contributed by atoms with Gasteiger partial charge in [0.05, 0.1) is 0 Å². The van der Waals surface area contributed by atoms with Gasteiger partial charge in [-0.15, -0.1) is 0 Å². The molecule has 0 saturated carbocycles. The molecule has 1 heterocycles. The standard InChI is InChI=1S/C16H28N4/c1-13(2)6-4-7-14(3)20-16(17)19-11-9-15-8-5-10-18-12-15/h5,8,10,12-14H,4,6-7,9,11H2,1-3H3,(H3,17,19,20). The van der Waals surface area contributed by atoms with Crippen LogP contribution < -0.4 is 11.1 Å². The quantitative estimate of drug-likeness (QED) is 0.567. The topological polar surface area (TPSA) is 63.3 Å². The van der Waals surface area contributed by atoms with Crippen molar-refractivity contribution in [2.24, 2.45) is 16.6 Å². The molecule has 0 radical (unpaired) electrons. The molecule has 0 amide bonds. The maximum Gasteiger partial charge on any atom is 0.188 e. The highest BCUT2D eigenvalue weighted by atomic mass is 15.1. The fourth-order valence-corrected chi connectivity index (χ4v) is 2.05. The van der Waals surface area contributed by atoms with Crippen molar-refractivity contribution in [3.05, 3.63) is 30.1 Å². The maximum absolute atomic E-state index is 5.89. The van der Waals surface area contributed by atoms with E-state index in [1.807, 2.05) is 12.3 Å². The normalized spacial score (nSPS) is 13.5. The summed E-state index contributed by atoms with van der Waals surface area (Å²) in [6.45, 7) is 7.37. The van der Waals surface area contributed by atoms with Gasteiger partial charge in [0.1, 0.15) is 0 Å². The van der Waals surface area contributed by atoms with Crippen LogP contribution in [0.3, 0.4) is 0 Å². The lowest BCUT2D eigenvalue weighted by Gasteiger charge is -2.15. The molecule has 1 rings (SSSR count). The molecule has 112 valence electrons. The minimum atomic E-state index is 0.385. The Labute approximate surface area is 122 Å². The molecule has 0 saturated heterocycles. The molecule has 0 aliphatic rings. The molecule has 4 nitrogen and oxygen atoms in total. The summed E-state index contributed by atoms with van der Waals surface area (Å²) in [6.07, 6.45) is 8.16. The minimum absolute atomic E-state index is 0.385. The van der Waals surface area contributed by atoms with E-state index in [0.717, 1.165) is 18.8 Å². The molecule has 1 aromatic heterocycles. The zero-order valence-electron chi connectivity index (χ0n) is 13.0. The molecule has 0 aliphatic carbocycles. The van der Waals surface area contributed by atoms with E-state index >= 15 is 0 Å². The highest BCUT2D eigenvalue weighted by Gasteiger charge is 2.03. The first-order chi connectivity index (χ1) is 9.58. The number of aliphatic imine (C=N–C) groups is 1. The lowest BCUT2D eigenvalue weighted by Crippen LogP contribution is -2.38. The van der Waals surface area contributed by atoms with Crippen LogP contribution >= 0.6 is 0 Å². The van der Waals surface area contributed by atoms with E-state index in [0.29, 0.717) is 18.5 Å². The summed E-state index contributed by atoms with van der Waals surface area (Å²) >= 11 is 0. The number of aromatic nitrogens is 1. The van der Waals surface area contributed by atoms with Gasteiger partial charge in [0.15, 0.2) is 5.96 Å². The summed E-state index contributed by atoms with van der Waals surface area (Å²) in [5, 5.41) is 3.25. The van der Waals surface area contributed by atoms with Crippen LogP contribution in [0.5, 0.6) is 0 Å². The second kappa shape index (κ2) is 9.34. The average molecular weight is 276 g/mol. The molecule has 1 aromatic rings. The Balaban J connectivity index is 2.20. The van der Waals surface area contributed by atoms with Gasteiger partial charge in [-0.25, -0.2) is 0 Å². The third-order valence-corrected chi connectivity index (χ3v) is 3.22. The fraction of sp³-hybridized carbons (Fsp3) is 0.625. The molecule has 0 aromatic carbocycles. The van der Waals surface area contributed by atoms with Gasteiger partial charge in [0.2, 0.25) is 0 Å². The summed E-state index contributed by atoms with van der Waals surface area (Å²) in [7, 11) is 0. The van der Waals surface area contributed by atoms with Gasteiger partial charge >= 0.3 is 0 Å². The van der Waals surface area contributed by atoms with Crippen LogP contribution in [-0.4, -0.2) is 23.5 Å². The SMILES string of the molecule is CC(C)CCCC(C)NC(N)=NCCc1cccnc1. The Bertz CT molecular complexity index is 387. The second-order valence-corrected chi connectivity index (χ2v) is 5.75. The van der Waals surface area contributed by atoms with E-state index in [1.54, 1.807) is 6.20 Å². The molecule has 20 heavy (non-hydrogen) atoms. The molecule has 3 N–H and O–H groups in total. The van der Waals surface area contributed by atoms with Gasteiger partial charge in [-0.05, 0) is 37.3 Å². The van der Waals surface area contributed by atoms with Gasteiger partial charge in [-0.3, -0.25) is 9.98 Å². The molecule has 1 atom stereocenters. The monoisotopic (exact) mass is 276 g/mol. The van der Waals surface area contributed by atoms with Crippen LogP contribution in [0.25, 0.3) is 0 Å². The van der Waals surface area contributed by atoms with Crippen molar-refractivity contribution in [1.82, 2.24) is 10.3 Å². The largest absolute Gasteiger partial charge is 0.370 e. The van der Waals surface area contributed by atoms with E-state index < -0.39 is 0 Å². The first-order valence-corrected chi connectivity index (χ1v) is 7.53. The smallest absolute Gasteiger partial charge is 0.188 e. The zero-order chi connectivity index (χ0) is 14.8. The number of guanidine groups is 1. The molecule has 1 unspecified atom stereocenters. The van der Waals surface area contributed by atoms with Crippen LogP contribution in [0.4, 0.5) is 0 Å². The first kappa shape index (κ1) is 16.5. The average Bonchev–Trinajstić information content (AvgIpc) is 2.39. The van der Waals surface area contributed by atoms with E-state index in [-0.39, 0.29) is 0 Å². The van der Waals surface area contributed by atoms with Crippen molar-refractivity contribution in [2.45, 2.75) is 52.5 Å². The highest BCUT2D eigenvalue weighted by Crippen LogP contribution is 2.08. The molecule has 4 heteroatoms. The summed E-state index contributed by atoms with van der Waals surface area (Å²) < 4.78 is 0. The summed E-state index contributed by atoms with van der Waals surface area (Å²) in [5.74, 6) is 1.32. The Kier molecular flexibility index (Phi) is 7.70. The van der Waals surface area contributed by atoms with Crippen molar-refractivity contribution in [2.75, 3.05) is 6.54 Å². The molecule has 0 aliphatic heterocycles. The summed E-state index contributed by atoms with van der Waals surface area (Å²) in [5.41, 5.74) is 7.08. The Morgan fingerprint density at radius 1 is 1.35 bits per heavy atom. The van der Waals surface area contributed by atoms with E-state index in [1.165, 1.54) is 18.4 Å². The number of hydrogen-bond donors (Lipinski definition) is 2. The third-order valence-electron chi connectivity index (χ3n) is 3.22. The van der Waals surface area contributed by atoms with Gasteiger partial charge in [0.25, 0.3) is 0 Å². The van der Waals surface area contributed by atoms with Crippen molar-refractivity contribution in [3.63, 3.8) is 0 Å². The number of nitrogens with two attached hydrogens (primary N) is 1. The fourth-order valence-electron chi connectivity index (χ4n) is 2.05. The van der Waals surface area contributed by atoms with Crippen LogP contribution in [0, 0.1) is 5.92 Å². The summed E-state index contributed by atoms with van der Waals surface area (Å²) in [4.78, 5) is 8.44. The number of rotatable bonds is 8. The highest BCUT2D eigenvalue weighted by molar-refractivity contribution is 5.78. The van der Waals surface area contributed by atoms with Gasteiger partial charge in [0, 0.05) is 25.0 Å². The lowest BCUT2D eigenvalue weighted by molar-refractivity contribution is 0.493. The number of pyridine rings is 1. The molecular weight excluding hydrogens is 248 g/mol. The second-order valence-electron chi connectivity index (χ2n) is 5.75. The number of hydrogen-bond acceptors (Lipinski definition) is 2. The van der Waals surface area contributed by atoms with Crippen LogP contribution in [0.2, 0.25) is 0 Å². The Morgan fingerprint density at radius 2 is 2.15 bits per heavy atom. The van der Waals surface area contributed by atoms with E-state index in [2.05, 4.69) is 42.1 Å². The van der Waals surface area contributed by atoms with Gasteiger partial charge in [-0.1, -0.05) is 32.8 Å². The van der Waals surface area contributed by atoms with Crippen LogP contribution in [-0.2, 0) is 6.42 Å². The Morgan fingerprint density at radius 3 is 2.80 bits per heavy atom. The van der Waals surface area contributed by atoms with Crippen molar-refractivity contribution < 1.29 is 0 Å². The third kappa shape index (κ3) is 7.77. The minimum Gasteiger partial charge on any atom is -0.370 e. The summed E-state index contributed by atoms with van der Waals surface area (Å²) in [6, 6.07) is 4.38. The van der Waals surface area contributed by atoms with Gasteiger partial charge in [-0.2, -0.15) is 0 Å². The lowest BCUT2D eigenvalue weighted by atomic mass is 10.0. The van der Waals surface area contributed by atoms with Crippen molar-refractivity contribution in [1.29, 1.82) is 0 Å². The van der Waals surface area contributed by atoms with E-state index in [4.69, 9.17) is 5.73 Å². The van der Waals surface area contributed by atoms with Crippen molar-refractivity contribution in [3.8, 4) is 0 Å². The predicted octanol–water partition coefficient (Wildman–Crippen LogP) is 2.74. The molecule has 0 spiro atoms. The first-order valence-electron chi connectivity index (χ1n) is 7.53. The number of nitrogens with zero attached hydrogens (tertiary/aromatic N) is 2. The molecule has 0 fully saturated rings. The van der Waals surface area contributed by atoms with E-state index in [9.17, 15) is 0 Å². The maximum atomic E-state index is 5.89. The Hall–Kier alpha value is -1.58. The molecule has 0 bridgehead atoms. The zero-order valence-corrected chi connectivity index (χ0v) is 13.0. The predicted molar refractivity (Wildman–Crippen MR) is 85.7 cm³/mol. The van der Waals surface area contributed by atoms with Gasteiger partial charge < -0.3 is 11.1 Å². The van der Waals surface area contributed by atoms with Crippen LogP contribution in [0.1, 0.15) is 45.6 Å². The van der Waals surface area contributed by atoms with Crippen LogP contribution in [0.15, 0.2) is 29.5 Å².